The number of hydrogen-bond acceptors (Lipinski definition) is 5. The van der Waals surface area contributed by atoms with E-state index in [9.17, 15) is 4.79 Å². The molecule has 1 atom stereocenters. The van der Waals surface area contributed by atoms with Crippen molar-refractivity contribution in [3.8, 4) is 11.5 Å². The summed E-state index contributed by atoms with van der Waals surface area (Å²) in [6, 6.07) is 5.89. The lowest BCUT2D eigenvalue weighted by molar-refractivity contribution is -0.129. The average molecular weight is 327 g/mol. The number of hydrogen-bond donors (Lipinski definition) is 2. The van der Waals surface area contributed by atoms with E-state index in [0.717, 1.165) is 23.5 Å². The molecule has 0 aromatic heterocycles. The number of benzene rings is 1. The van der Waals surface area contributed by atoms with E-state index in [0.29, 0.717) is 23.3 Å². The summed E-state index contributed by atoms with van der Waals surface area (Å²) in [6.07, 6.45) is 1.99. The lowest BCUT2D eigenvalue weighted by atomic mass is 10.0. The van der Waals surface area contributed by atoms with Gasteiger partial charge in [-0.2, -0.15) is 0 Å². The summed E-state index contributed by atoms with van der Waals surface area (Å²) in [5.74, 6) is 1.58. The van der Waals surface area contributed by atoms with Gasteiger partial charge in [0.05, 0.1) is 14.2 Å². The van der Waals surface area contributed by atoms with Crippen LogP contribution in [0.1, 0.15) is 33.1 Å². The van der Waals surface area contributed by atoms with Crippen molar-refractivity contribution in [1.29, 1.82) is 0 Å². The van der Waals surface area contributed by atoms with Crippen LogP contribution in [0.2, 0.25) is 0 Å². The molecule has 1 aromatic carbocycles. The van der Waals surface area contributed by atoms with Crippen molar-refractivity contribution in [2.45, 2.75) is 43.3 Å². The Kier molecular flexibility index (Phi) is 8.12. The number of nitrogens with one attached hydrogen (secondary N) is 1. The van der Waals surface area contributed by atoms with Gasteiger partial charge in [-0.3, -0.25) is 10.0 Å². The Hall–Kier alpha value is -1.40. The molecule has 0 saturated carbocycles. The summed E-state index contributed by atoms with van der Waals surface area (Å²) in [4.78, 5) is 12.2. The number of amides is 1. The minimum atomic E-state index is -0.335. The quantitative estimate of drug-likeness (QED) is 0.413. The lowest BCUT2D eigenvalue weighted by Gasteiger charge is -2.21. The van der Waals surface area contributed by atoms with Crippen LogP contribution in [0.15, 0.2) is 23.1 Å². The van der Waals surface area contributed by atoms with E-state index in [4.69, 9.17) is 14.7 Å². The smallest absolute Gasteiger partial charge is 0.243 e. The second-order valence-electron chi connectivity index (χ2n) is 5.34. The molecular formula is C16H25NO4S. The zero-order valence-corrected chi connectivity index (χ0v) is 14.4. The first-order valence-electron chi connectivity index (χ1n) is 7.33. The van der Waals surface area contributed by atoms with Crippen LogP contribution < -0.4 is 15.0 Å². The highest BCUT2D eigenvalue weighted by Crippen LogP contribution is 2.36. The molecule has 6 heteroatoms. The molecule has 1 aromatic rings. The second kappa shape index (κ2) is 9.58. The molecule has 0 unspecified atom stereocenters. The van der Waals surface area contributed by atoms with Crippen LogP contribution in [0.5, 0.6) is 11.5 Å². The van der Waals surface area contributed by atoms with E-state index < -0.39 is 0 Å². The molecule has 0 aliphatic heterocycles. The summed E-state index contributed by atoms with van der Waals surface area (Å²) < 4.78 is 10.6. The molecule has 0 spiro atoms. The zero-order valence-electron chi connectivity index (χ0n) is 13.6. The van der Waals surface area contributed by atoms with Gasteiger partial charge in [0.2, 0.25) is 5.91 Å². The van der Waals surface area contributed by atoms with Crippen LogP contribution in [0.3, 0.4) is 0 Å². The first-order chi connectivity index (χ1) is 10.5. The summed E-state index contributed by atoms with van der Waals surface area (Å²) in [5, 5.41) is 8.91. The monoisotopic (exact) mass is 327 g/mol. The third kappa shape index (κ3) is 5.77. The van der Waals surface area contributed by atoms with E-state index in [1.54, 1.807) is 31.5 Å². The van der Waals surface area contributed by atoms with Crippen molar-refractivity contribution in [2.24, 2.45) is 5.92 Å². The molecule has 0 saturated heterocycles. The van der Waals surface area contributed by atoms with Gasteiger partial charge in [-0.25, -0.2) is 5.48 Å². The first-order valence-corrected chi connectivity index (χ1v) is 8.21. The van der Waals surface area contributed by atoms with Crippen molar-refractivity contribution < 1.29 is 19.5 Å². The summed E-state index contributed by atoms with van der Waals surface area (Å²) in [5.41, 5.74) is 1.67. The summed E-state index contributed by atoms with van der Waals surface area (Å²) in [7, 11) is 3.24. The van der Waals surface area contributed by atoms with Gasteiger partial charge in [0.25, 0.3) is 0 Å². The molecule has 5 nitrogen and oxygen atoms in total. The number of methoxy groups -OCH3 is 2. The predicted octanol–water partition coefficient (Wildman–Crippen LogP) is 3.50. The fourth-order valence-corrected chi connectivity index (χ4v) is 3.34. The van der Waals surface area contributed by atoms with Crippen molar-refractivity contribution >= 4 is 17.7 Å². The van der Waals surface area contributed by atoms with E-state index in [2.05, 4.69) is 13.8 Å². The number of ether oxygens (including phenoxy) is 2. The Morgan fingerprint density at radius 2 is 1.95 bits per heavy atom. The van der Waals surface area contributed by atoms with Gasteiger partial charge in [0.1, 0.15) is 0 Å². The Bertz CT molecular complexity index is 479. The van der Waals surface area contributed by atoms with E-state index in [1.807, 2.05) is 18.2 Å². The van der Waals surface area contributed by atoms with E-state index >= 15 is 0 Å². The minimum absolute atomic E-state index is 0.335. The minimum Gasteiger partial charge on any atom is -0.493 e. The molecule has 0 heterocycles. The van der Waals surface area contributed by atoms with Gasteiger partial charge in [-0.15, -0.1) is 11.8 Å². The van der Waals surface area contributed by atoms with Crippen LogP contribution in [-0.2, 0) is 4.79 Å². The van der Waals surface area contributed by atoms with E-state index in [1.165, 1.54) is 0 Å². The fraction of sp³-hybridized carbons (Fsp3) is 0.562. The van der Waals surface area contributed by atoms with Crippen molar-refractivity contribution in [2.75, 3.05) is 14.2 Å². The first kappa shape index (κ1) is 18.6. The molecule has 0 aliphatic carbocycles. The van der Waals surface area contributed by atoms with Crippen LogP contribution in [0.25, 0.3) is 0 Å². The van der Waals surface area contributed by atoms with Crippen molar-refractivity contribution in [3.63, 3.8) is 0 Å². The van der Waals surface area contributed by atoms with Crippen LogP contribution in [0.4, 0.5) is 0 Å². The maximum absolute atomic E-state index is 11.1. The highest BCUT2D eigenvalue weighted by atomic mass is 32.2. The Morgan fingerprint density at radius 1 is 1.27 bits per heavy atom. The number of carbonyl (C=O) groups is 1. The molecule has 2 N–H and O–H groups in total. The van der Waals surface area contributed by atoms with Gasteiger partial charge in [-0.05, 0) is 37.0 Å². The molecule has 1 rings (SSSR count). The van der Waals surface area contributed by atoms with Gasteiger partial charge in [0.15, 0.2) is 11.5 Å². The second-order valence-corrected chi connectivity index (χ2v) is 6.66. The van der Waals surface area contributed by atoms with Gasteiger partial charge >= 0.3 is 0 Å². The lowest BCUT2D eigenvalue weighted by Crippen LogP contribution is -2.19. The maximum atomic E-state index is 11.1. The summed E-state index contributed by atoms with van der Waals surface area (Å²) >= 11 is 1.78. The molecule has 1 amide bonds. The summed E-state index contributed by atoms with van der Waals surface area (Å²) in [6.45, 7) is 4.34. The van der Waals surface area contributed by atoms with E-state index in [-0.39, 0.29) is 5.91 Å². The Balaban J connectivity index is 2.68. The largest absolute Gasteiger partial charge is 0.493 e. The molecule has 124 valence electrons. The number of hydroxylamine groups is 1. The molecule has 22 heavy (non-hydrogen) atoms. The highest BCUT2D eigenvalue weighted by molar-refractivity contribution is 8.00. The standard InChI is InChI=1S/C16H25NO4S/c1-11(2)15(6-5-7-16(18)17-19)22-12-8-9-13(20-3)14(10-12)21-4/h8-11,15,19H,5-7H2,1-4H3,(H,17,18)/t15-/m1/s1. The highest BCUT2D eigenvalue weighted by Gasteiger charge is 2.16. The van der Waals surface area contributed by atoms with Crippen LogP contribution >= 0.6 is 11.8 Å². The number of carbonyl (C=O) groups excluding carboxylic acids is 1. The zero-order chi connectivity index (χ0) is 16.5. The third-order valence-corrected chi connectivity index (χ3v) is 5.01. The normalized spacial score (nSPS) is 12.1. The van der Waals surface area contributed by atoms with Crippen molar-refractivity contribution in [1.82, 2.24) is 5.48 Å². The Morgan fingerprint density at radius 3 is 2.50 bits per heavy atom. The number of rotatable bonds is 9. The van der Waals surface area contributed by atoms with Gasteiger partial charge in [-0.1, -0.05) is 13.8 Å². The van der Waals surface area contributed by atoms with Crippen LogP contribution in [0, 0.1) is 5.92 Å². The molecule has 0 radical (unpaired) electrons. The predicted molar refractivity (Wildman–Crippen MR) is 87.8 cm³/mol. The SMILES string of the molecule is COc1ccc(S[C@H](CCCC(=O)NO)C(C)C)cc1OC. The van der Waals surface area contributed by atoms with Crippen molar-refractivity contribution in [3.05, 3.63) is 18.2 Å². The Labute approximate surface area is 136 Å². The molecule has 0 aliphatic rings. The maximum Gasteiger partial charge on any atom is 0.243 e. The molecule has 0 fully saturated rings. The average Bonchev–Trinajstić information content (AvgIpc) is 2.53. The van der Waals surface area contributed by atoms with Gasteiger partial charge < -0.3 is 9.47 Å². The van der Waals surface area contributed by atoms with Gasteiger partial charge in [0, 0.05) is 16.6 Å². The molecular weight excluding hydrogens is 302 g/mol. The van der Waals surface area contributed by atoms with Crippen LogP contribution in [-0.4, -0.2) is 30.6 Å². The molecule has 0 bridgehead atoms. The topological polar surface area (TPSA) is 67.8 Å². The third-order valence-electron chi connectivity index (χ3n) is 3.40. The fourth-order valence-electron chi connectivity index (χ4n) is 2.11. The number of thioether (sulfide) groups is 1.